The van der Waals surface area contributed by atoms with Crippen LogP contribution in [0, 0.1) is 5.92 Å². The Morgan fingerprint density at radius 1 is 1.28 bits per heavy atom. The molecule has 0 aliphatic heterocycles. The van der Waals surface area contributed by atoms with Gasteiger partial charge in [0.05, 0.1) is 0 Å². The van der Waals surface area contributed by atoms with E-state index in [1.54, 1.807) is 0 Å². The zero-order valence-corrected chi connectivity index (χ0v) is 11.9. The van der Waals surface area contributed by atoms with Crippen molar-refractivity contribution in [1.29, 1.82) is 0 Å². The Kier molecular flexibility index (Phi) is 4.60. The topological polar surface area (TPSA) is 12.0 Å². The van der Waals surface area contributed by atoms with Crippen molar-refractivity contribution < 1.29 is 0 Å². The Morgan fingerprint density at radius 3 is 2.50 bits per heavy atom. The van der Waals surface area contributed by atoms with Gasteiger partial charge in [-0.1, -0.05) is 49.8 Å². The van der Waals surface area contributed by atoms with Gasteiger partial charge < -0.3 is 5.32 Å². The van der Waals surface area contributed by atoms with Crippen LogP contribution in [0.3, 0.4) is 0 Å². The molecule has 0 spiro atoms. The van der Waals surface area contributed by atoms with Crippen LogP contribution in [0.2, 0.25) is 0 Å². The summed E-state index contributed by atoms with van der Waals surface area (Å²) in [6.45, 7) is 8.75. The number of rotatable bonds is 6. The highest BCUT2D eigenvalue weighted by Gasteiger charge is 2.22. The van der Waals surface area contributed by atoms with Gasteiger partial charge in [-0.05, 0) is 49.3 Å². The summed E-state index contributed by atoms with van der Waals surface area (Å²) in [6, 6.07) is 9.08. The van der Waals surface area contributed by atoms with E-state index in [0.29, 0.717) is 0 Å². The van der Waals surface area contributed by atoms with Crippen LogP contribution in [0.5, 0.6) is 0 Å². The third kappa shape index (κ3) is 4.30. The molecule has 1 N–H and O–H groups in total. The molecule has 1 heteroatoms. The maximum atomic E-state index is 3.48. The predicted octanol–water partition coefficient (Wildman–Crippen LogP) is 4.21. The van der Waals surface area contributed by atoms with E-state index in [-0.39, 0.29) is 0 Å². The van der Waals surface area contributed by atoms with Crippen LogP contribution < -0.4 is 5.32 Å². The van der Waals surface area contributed by atoms with Gasteiger partial charge in [-0.2, -0.15) is 0 Å². The number of nitrogens with one attached hydrogen (secondary N) is 1. The standard InChI is InChI=1S/C17H25N/c1-13(2)11-18-12-14(3)10-15-4-6-16(7-5-15)17-8-9-17/h4-7,10,13,17-18H,8-9,11-12H2,1-3H3. The van der Waals surface area contributed by atoms with Crippen LogP contribution in [0.25, 0.3) is 6.08 Å². The average Bonchev–Trinajstić information content (AvgIpc) is 3.13. The normalized spacial score (nSPS) is 16.3. The number of benzene rings is 1. The zero-order valence-electron chi connectivity index (χ0n) is 11.9. The summed E-state index contributed by atoms with van der Waals surface area (Å²) in [7, 11) is 0. The van der Waals surface area contributed by atoms with E-state index in [1.165, 1.54) is 29.5 Å². The van der Waals surface area contributed by atoms with E-state index in [2.05, 4.69) is 56.4 Å². The average molecular weight is 243 g/mol. The molecule has 1 aliphatic carbocycles. The summed E-state index contributed by atoms with van der Waals surface area (Å²) in [5.41, 5.74) is 4.24. The minimum Gasteiger partial charge on any atom is -0.313 e. The largest absolute Gasteiger partial charge is 0.313 e. The highest BCUT2D eigenvalue weighted by molar-refractivity contribution is 5.53. The molecule has 2 rings (SSSR count). The van der Waals surface area contributed by atoms with Crippen LogP contribution in [-0.4, -0.2) is 13.1 Å². The molecule has 18 heavy (non-hydrogen) atoms. The fraction of sp³-hybridized carbons (Fsp3) is 0.529. The van der Waals surface area contributed by atoms with Crippen molar-refractivity contribution in [2.45, 2.75) is 39.5 Å². The lowest BCUT2D eigenvalue weighted by molar-refractivity contribution is 0.572. The molecule has 1 aliphatic rings. The van der Waals surface area contributed by atoms with Crippen molar-refractivity contribution in [3.05, 3.63) is 41.0 Å². The quantitative estimate of drug-likeness (QED) is 0.789. The van der Waals surface area contributed by atoms with Gasteiger partial charge in [0, 0.05) is 6.54 Å². The summed E-state index contributed by atoms with van der Waals surface area (Å²) in [6.07, 6.45) is 5.05. The first-order chi connectivity index (χ1) is 8.65. The van der Waals surface area contributed by atoms with E-state index >= 15 is 0 Å². The highest BCUT2D eigenvalue weighted by Crippen LogP contribution is 2.39. The fourth-order valence-corrected chi connectivity index (χ4v) is 2.17. The van der Waals surface area contributed by atoms with Crippen molar-refractivity contribution in [2.75, 3.05) is 13.1 Å². The van der Waals surface area contributed by atoms with Crippen molar-refractivity contribution >= 4 is 6.08 Å². The van der Waals surface area contributed by atoms with Crippen molar-refractivity contribution in [3.8, 4) is 0 Å². The molecule has 0 radical (unpaired) electrons. The molecule has 0 aromatic heterocycles. The minimum absolute atomic E-state index is 0.718. The summed E-state index contributed by atoms with van der Waals surface area (Å²) in [5, 5.41) is 3.48. The maximum absolute atomic E-state index is 3.48. The fourth-order valence-electron chi connectivity index (χ4n) is 2.17. The van der Waals surface area contributed by atoms with E-state index in [4.69, 9.17) is 0 Å². The van der Waals surface area contributed by atoms with Crippen molar-refractivity contribution in [1.82, 2.24) is 5.32 Å². The molecule has 0 bridgehead atoms. The minimum atomic E-state index is 0.718. The second-order valence-electron chi connectivity index (χ2n) is 5.96. The van der Waals surface area contributed by atoms with Gasteiger partial charge in [0.15, 0.2) is 0 Å². The Bertz CT molecular complexity index is 396. The second-order valence-corrected chi connectivity index (χ2v) is 5.96. The molecule has 1 saturated carbocycles. The Hall–Kier alpha value is -1.08. The van der Waals surface area contributed by atoms with Crippen molar-refractivity contribution in [2.24, 2.45) is 5.92 Å². The highest BCUT2D eigenvalue weighted by atomic mass is 14.8. The second kappa shape index (κ2) is 6.19. The van der Waals surface area contributed by atoms with Gasteiger partial charge in [0.25, 0.3) is 0 Å². The molecule has 0 unspecified atom stereocenters. The Labute approximate surface area is 111 Å². The Morgan fingerprint density at radius 2 is 1.94 bits per heavy atom. The third-order valence-electron chi connectivity index (χ3n) is 3.35. The van der Waals surface area contributed by atoms with E-state index in [1.807, 2.05) is 0 Å². The lowest BCUT2D eigenvalue weighted by Crippen LogP contribution is -2.21. The molecule has 0 saturated heterocycles. The molecule has 1 aromatic rings. The van der Waals surface area contributed by atoms with Crippen molar-refractivity contribution in [3.63, 3.8) is 0 Å². The molecule has 1 fully saturated rings. The van der Waals surface area contributed by atoms with Crippen LogP contribution in [0.1, 0.15) is 50.7 Å². The summed E-state index contributed by atoms with van der Waals surface area (Å²) >= 11 is 0. The van der Waals surface area contributed by atoms with Crippen LogP contribution in [0.4, 0.5) is 0 Å². The van der Waals surface area contributed by atoms with E-state index < -0.39 is 0 Å². The number of hydrogen-bond acceptors (Lipinski definition) is 1. The molecular weight excluding hydrogens is 218 g/mol. The van der Waals surface area contributed by atoms with Crippen LogP contribution in [0.15, 0.2) is 29.8 Å². The Balaban J connectivity index is 1.86. The summed E-state index contributed by atoms with van der Waals surface area (Å²) in [5.74, 6) is 1.58. The van der Waals surface area contributed by atoms with Gasteiger partial charge >= 0.3 is 0 Å². The predicted molar refractivity (Wildman–Crippen MR) is 79.8 cm³/mol. The van der Waals surface area contributed by atoms with Gasteiger partial charge in [0.1, 0.15) is 0 Å². The molecular formula is C17H25N. The first-order valence-electron chi connectivity index (χ1n) is 7.13. The van der Waals surface area contributed by atoms with Gasteiger partial charge in [-0.25, -0.2) is 0 Å². The maximum Gasteiger partial charge on any atom is 0.0165 e. The zero-order chi connectivity index (χ0) is 13.0. The molecule has 0 heterocycles. The lowest BCUT2D eigenvalue weighted by atomic mass is 10.1. The summed E-state index contributed by atoms with van der Waals surface area (Å²) in [4.78, 5) is 0. The SMILES string of the molecule is CC(=Cc1ccc(C2CC2)cc1)CNCC(C)C. The third-order valence-corrected chi connectivity index (χ3v) is 3.35. The monoisotopic (exact) mass is 243 g/mol. The smallest absolute Gasteiger partial charge is 0.0165 e. The van der Waals surface area contributed by atoms with Crippen LogP contribution >= 0.6 is 0 Å². The lowest BCUT2D eigenvalue weighted by Gasteiger charge is -2.07. The van der Waals surface area contributed by atoms with Gasteiger partial charge in [-0.3, -0.25) is 0 Å². The van der Waals surface area contributed by atoms with E-state index in [9.17, 15) is 0 Å². The van der Waals surface area contributed by atoms with Gasteiger partial charge in [-0.15, -0.1) is 0 Å². The van der Waals surface area contributed by atoms with Crippen LogP contribution in [-0.2, 0) is 0 Å². The molecule has 1 aromatic carbocycles. The molecule has 0 atom stereocenters. The molecule has 1 nitrogen and oxygen atoms in total. The number of hydrogen-bond donors (Lipinski definition) is 1. The molecule has 98 valence electrons. The van der Waals surface area contributed by atoms with Gasteiger partial charge in [0.2, 0.25) is 0 Å². The first-order valence-corrected chi connectivity index (χ1v) is 7.13. The first kappa shape index (κ1) is 13.4. The molecule has 0 amide bonds. The van der Waals surface area contributed by atoms with E-state index in [0.717, 1.165) is 24.9 Å². The summed E-state index contributed by atoms with van der Waals surface area (Å²) < 4.78 is 0.